The number of hydrogen-bond donors (Lipinski definition) is 0. The first-order valence-corrected chi connectivity index (χ1v) is 4.62. The van der Waals surface area contributed by atoms with Crippen LogP contribution in [-0.4, -0.2) is 9.97 Å². The van der Waals surface area contributed by atoms with Crippen LogP contribution in [0.5, 0.6) is 0 Å². The second-order valence-corrected chi connectivity index (χ2v) is 3.34. The first-order valence-electron chi connectivity index (χ1n) is 4.62. The van der Waals surface area contributed by atoms with Crippen LogP contribution in [0.2, 0.25) is 0 Å². The van der Waals surface area contributed by atoms with Gasteiger partial charge in [0.25, 0.3) is 0 Å². The standard InChI is InChI=1S/C12H12N2.2CH4/c1-9-5-3-7-13-11(9)12-10(2)6-4-8-14-12;;/h3-8H,1-2H3;2*1H4. The van der Waals surface area contributed by atoms with E-state index in [4.69, 9.17) is 0 Å². The van der Waals surface area contributed by atoms with Crippen LogP contribution in [0.3, 0.4) is 0 Å². The Morgan fingerprint density at radius 3 is 1.44 bits per heavy atom. The number of pyridine rings is 2. The van der Waals surface area contributed by atoms with Crippen LogP contribution in [0.1, 0.15) is 26.0 Å². The molecule has 2 rings (SSSR count). The molecule has 2 heteroatoms. The quantitative estimate of drug-likeness (QED) is 0.719. The van der Waals surface area contributed by atoms with Crippen LogP contribution < -0.4 is 0 Å². The SMILES string of the molecule is C.C.Cc1cccnc1-c1ncccc1C. The Balaban J connectivity index is 0.00000112. The molecule has 0 saturated heterocycles. The first-order chi connectivity index (χ1) is 6.79. The first kappa shape index (κ1) is 14.3. The summed E-state index contributed by atoms with van der Waals surface area (Å²) in [5.74, 6) is 0. The van der Waals surface area contributed by atoms with Gasteiger partial charge in [0, 0.05) is 12.4 Å². The molecule has 0 amide bonds. The largest absolute Gasteiger partial charge is 0.254 e. The number of nitrogens with zero attached hydrogens (tertiary/aromatic N) is 2. The van der Waals surface area contributed by atoms with Crippen molar-refractivity contribution in [3.8, 4) is 11.4 Å². The smallest absolute Gasteiger partial charge is 0.0917 e. The molecule has 0 radical (unpaired) electrons. The lowest BCUT2D eigenvalue weighted by molar-refractivity contribution is 1.19. The lowest BCUT2D eigenvalue weighted by atomic mass is 10.1. The van der Waals surface area contributed by atoms with Crippen molar-refractivity contribution in [1.29, 1.82) is 0 Å². The average molecular weight is 216 g/mol. The molecule has 2 aromatic rings. The minimum Gasteiger partial charge on any atom is -0.254 e. The van der Waals surface area contributed by atoms with Crippen LogP contribution >= 0.6 is 0 Å². The molecule has 0 bridgehead atoms. The zero-order valence-electron chi connectivity index (χ0n) is 8.36. The van der Waals surface area contributed by atoms with E-state index in [0.29, 0.717) is 0 Å². The second kappa shape index (κ2) is 6.01. The van der Waals surface area contributed by atoms with Gasteiger partial charge in [0.05, 0.1) is 11.4 Å². The summed E-state index contributed by atoms with van der Waals surface area (Å²) in [5.41, 5.74) is 4.28. The molecule has 0 aliphatic rings. The fourth-order valence-corrected chi connectivity index (χ4v) is 1.47. The van der Waals surface area contributed by atoms with Gasteiger partial charge in [0.2, 0.25) is 0 Å². The fourth-order valence-electron chi connectivity index (χ4n) is 1.47. The third-order valence-corrected chi connectivity index (χ3v) is 2.24. The minimum absolute atomic E-state index is 0. The van der Waals surface area contributed by atoms with Crippen molar-refractivity contribution < 1.29 is 0 Å². The average Bonchev–Trinajstić information content (AvgIpc) is 2.20. The Bertz CT molecular complexity index is 406. The maximum atomic E-state index is 4.35. The molecular weight excluding hydrogens is 196 g/mol. The highest BCUT2D eigenvalue weighted by Gasteiger charge is 2.05. The van der Waals surface area contributed by atoms with Crippen LogP contribution in [0, 0.1) is 13.8 Å². The monoisotopic (exact) mass is 216 g/mol. The van der Waals surface area contributed by atoms with E-state index in [1.54, 1.807) is 12.4 Å². The molecular formula is C14H20N2. The van der Waals surface area contributed by atoms with Crippen LogP contribution in [0.15, 0.2) is 36.7 Å². The molecule has 0 aliphatic heterocycles. The minimum atomic E-state index is 0. The number of aromatic nitrogens is 2. The number of hydrogen-bond acceptors (Lipinski definition) is 2. The van der Waals surface area contributed by atoms with Crippen molar-refractivity contribution >= 4 is 0 Å². The van der Waals surface area contributed by atoms with Crippen LogP contribution in [-0.2, 0) is 0 Å². The molecule has 0 unspecified atom stereocenters. The molecule has 0 saturated carbocycles. The molecule has 16 heavy (non-hydrogen) atoms. The van der Waals surface area contributed by atoms with Gasteiger partial charge in [-0.05, 0) is 37.1 Å². The summed E-state index contributed by atoms with van der Waals surface area (Å²) in [6, 6.07) is 7.99. The van der Waals surface area contributed by atoms with Crippen molar-refractivity contribution in [1.82, 2.24) is 9.97 Å². The normalized spacial score (nSPS) is 8.88. The van der Waals surface area contributed by atoms with Gasteiger partial charge in [-0.2, -0.15) is 0 Å². The molecule has 0 aliphatic carbocycles. The molecule has 2 nitrogen and oxygen atoms in total. The van der Waals surface area contributed by atoms with E-state index in [1.807, 2.05) is 12.1 Å². The Morgan fingerprint density at radius 1 is 0.750 bits per heavy atom. The second-order valence-electron chi connectivity index (χ2n) is 3.34. The van der Waals surface area contributed by atoms with Crippen molar-refractivity contribution in [2.45, 2.75) is 28.7 Å². The number of rotatable bonds is 1. The zero-order chi connectivity index (χ0) is 9.97. The van der Waals surface area contributed by atoms with Crippen LogP contribution in [0.4, 0.5) is 0 Å². The summed E-state index contributed by atoms with van der Waals surface area (Å²) in [7, 11) is 0. The molecule has 2 aromatic heterocycles. The summed E-state index contributed by atoms with van der Waals surface area (Å²) in [4.78, 5) is 8.69. The van der Waals surface area contributed by atoms with Gasteiger partial charge >= 0.3 is 0 Å². The molecule has 0 fully saturated rings. The molecule has 0 aromatic carbocycles. The molecule has 86 valence electrons. The Morgan fingerprint density at radius 2 is 1.12 bits per heavy atom. The molecule has 0 N–H and O–H groups in total. The maximum Gasteiger partial charge on any atom is 0.0917 e. The third kappa shape index (κ3) is 2.66. The van der Waals surface area contributed by atoms with Crippen LogP contribution in [0.25, 0.3) is 11.4 Å². The van der Waals surface area contributed by atoms with Gasteiger partial charge in [-0.15, -0.1) is 0 Å². The Labute approximate surface area is 98.4 Å². The zero-order valence-corrected chi connectivity index (χ0v) is 8.36. The molecule has 0 spiro atoms. The topological polar surface area (TPSA) is 25.8 Å². The summed E-state index contributed by atoms with van der Waals surface area (Å²) in [6.07, 6.45) is 3.60. The number of aryl methyl sites for hydroxylation is 2. The highest BCUT2D eigenvalue weighted by Crippen LogP contribution is 2.20. The highest BCUT2D eigenvalue weighted by molar-refractivity contribution is 5.61. The van der Waals surface area contributed by atoms with E-state index in [2.05, 4.69) is 35.9 Å². The molecule has 2 heterocycles. The van der Waals surface area contributed by atoms with Gasteiger partial charge in [-0.1, -0.05) is 27.0 Å². The van der Waals surface area contributed by atoms with Gasteiger partial charge in [0.1, 0.15) is 0 Å². The third-order valence-electron chi connectivity index (χ3n) is 2.24. The Hall–Kier alpha value is -1.70. The van der Waals surface area contributed by atoms with Crippen molar-refractivity contribution in [2.24, 2.45) is 0 Å². The molecule has 0 atom stereocenters. The summed E-state index contributed by atoms with van der Waals surface area (Å²) < 4.78 is 0. The maximum absolute atomic E-state index is 4.35. The van der Waals surface area contributed by atoms with E-state index in [-0.39, 0.29) is 14.9 Å². The van der Waals surface area contributed by atoms with E-state index < -0.39 is 0 Å². The van der Waals surface area contributed by atoms with E-state index >= 15 is 0 Å². The summed E-state index contributed by atoms with van der Waals surface area (Å²) in [6.45, 7) is 4.10. The van der Waals surface area contributed by atoms with E-state index in [9.17, 15) is 0 Å². The van der Waals surface area contributed by atoms with Crippen molar-refractivity contribution in [3.63, 3.8) is 0 Å². The Kier molecular flexibility index (Phi) is 5.37. The van der Waals surface area contributed by atoms with Crippen molar-refractivity contribution in [2.75, 3.05) is 0 Å². The fraction of sp³-hybridized carbons (Fsp3) is 0.286. The van der Waals surface area contributed by atoms with Gasteiger partial charge in [-0.25, -0.2) is 0 Å². The van der Waals surface area contributed by atoms with E-state index in [0.717, 1.165) is 22.5 Å². The van der Waals surface area contributed by atoms with Gasteiger partial charge in [0.15, 0.2) is 0 Å². The van der Waals surface area contributed by atoms with E-state index in [1.165, 1.54) is 0 Å². The predicted molar refractivity (Wildman–Crippen MR) is 70.4 cm³/mol. The highest BCUT2D eigenvalue weighted by atomic mass is 14.8. The predicted octanol–water partition coefficient (Wildman–Crippen LogP) is 4.03. The van der Waals surface area contributed by atoms with Gasteiger partial charge in [-0.3, -0.25) is 9.97 Å². The lowest BCUT2D eigenvalue weighted by Crippen LogP contribution is -1.92. The lowest BCUT2D eigenvalue weighted by Gasteiger charge is -2.05. The van der Waals surface area contributed by atoms with Crippen molar-refractivity contribution in [3.05, 3.63) is 47.8 Å². The van der Waals surface area contributed by atoms with Gasteiger partial charge < -0.3 is 0 Å². The summed E-state index contributed by atoms with van der Waals surface area (Å²) in [5, 5.41) is 0. The summed E-state index contributed by atoms with van der Waals surface area (Å²) >= 11 is 0.